The van der Waals surface area contributed by atoms with E-state index in [0.29, 0.717) is 27.8 Å². The summed E-state index contributed by atoms with van der Waals surface area (Å²) >= 11 is 2.75. The predicted octanol–water partition coefficient (Wildman–Crippen LogP) is 4.84. The summed E-state index contributed by atoms with van der Waals surface area (Å²) in [4.78, 5) is 17.0. The number of para-hydroxylation sites is 1. The molecule has 1 unspecified atom stereocenters. The largest absolute Gasteiger partial charge is 0.310 e. The van der Waals surface area contributed by atoms with Crippen molar-refractivity contribution in [3.05, 3.63) is 70.9 Å². The van der Waals surface area contributed by atoms with Gasteiger partial charge in [0.15, 0.2) is 0 Å². The Morgan fingerprint density at radius 2 is 2.03 bits per heavy atom. The van der Waals surface area contributed by atoms with Crippen molar-refractivity contribution in [3.8, 4) is 5.13 Å². The number of anilines is 1. The summed E-state index contributed by atoms with van der Waals surface area (Å²) < 4.78 is 30.6. The Labute approximate surface area is 172 Å². The van der Waals surface area contributed by atoms with Crippen LogP contribution in [-0.2, 0) is 4.79 Å². The number of amides is 1. The molecule has 5 rings (SSSR count). The molecular weight excluding hydrogens is 414 g/mol. The van der Waals surface area contributed by atoms with Crippen molar-refractivity contribution in [1.82, 2.24) is 14.8 Å². The Kier molecular flexibility index (Phi) is 4.36. The lowest BCUT2D eigenvalue weighted by Gasteiger charge is -2.16. The van der Waals surface area contributed by atoms with E-state index in [2.05, 4.69) is 15.4 Å². The summed E-state index contributed by atoms with van der Waals surface area (Å²) in [6.07, 6.45) is 0. The van der Waals surface area contributed by atoms with Crippen LogP contribution in [0, 0.1) is 18.6 Å². The van der Waals surface area contributed by atoms with Gasteiger partial charge in [-0.2, -0.15) is 9.78 Å². The van der Waals surface area contributed by atoms with Crippen LogP contribution in [0.3, 0.4) is 0 Å². The number of benzene rings is 2. The summed E-state index contributed by atoms with van der Waals surface area (Å²) in [5.74, 6) is -0.861. The van der Waals surface area contributed by atoms with E-state index >= 15 is 0 Å². The Balaban J connectivity index is 1.70. The van der Waals surface area contributed by atoms with Crippen LogP contribution in [0.5, 0.6) is 0 Å². The zero-order chi connectivity index (χ0) is 20.1. The summed E-state index contributed by atoms with van der Waals surface area (Å²) in [6.45, 7) is 1.81. The standard InChI is InChI=1S/C20H14F2N4OS2/c1-10-17-18(12-7-6-11(21)8-13(12)22)28-9-16(27)24-19(17)26(25-10)20-23-14-4-2-3-5-15(14)29-20/h2-8,18H,9H2,1H3,(H,24,27). The number of thiazole rings is 1. The Morgan fingerprint density at radius 3 is 2.83 bits per heavy atom. The summed E-state index contributed by atoms with van der Waals surface area (Å²) in [7, 11) is 0. The van der Waals surface area contributed by atoms with Crippen LogP contribution >= 0.6 is 23.1 Å². The van der Waals surface area contributed by atoms with E-state index in [1.165, 1.54) is 35.2 Å². The number of hydrogen-bond acceptors (Lipinski definition) is 5. The molecular formula is C20H14F2N4OS2. The van der Waals surface area contributed by atoms with E-state index in [1.54, 1.807) is 4.68 Å². The number of aromatic nitrogens is 3. The number of carbonyl (C=O) groups is 1. The molecule has 0 saturated heterocycles. The smallest absolute Gasteiger partial charge is 0.235 e. The number of nitrogens with zero attached hydrogens (tertiary/aromatic N) is 3. The van der Waals surface area contributed by atoms with Gasteiger partial charge >= 0.3 is 0 Å². The fourth-order valence-electron chi connectivity index (χ4n) is 3.43. The van der Waals surface area contributed by atoms with E-state index < -0.39 is 16.9 Å². The first-order valence-corrected chi connectivity index (χ1v) is 10.7. The number of nitrogens with one attached hydrogen (secondary N) is 1. The average molecular weight is 428 g/mol. The lowest BCUT2D eigenvalue weighted by Crippen LogP contribution is -2.15. The van der Waals surface area contributed by atoms with Gasteiger partial charge in [0, 0.05) is 17.2 Å². The van der Waals surface area contributed by atoms with Crippen LogP contribution in [0.1, 0.15) is 22.1 Å². The van der Waals surface area contributed by atoms with Gasteiger partial charge in [-0.25, -0.2) is 13.8 Å². The number of aryl methyl sites for hydroxylation is 1. The second-order valence-electron chi connectivity index (χ2n) is 6.63. The molecule has 9 heteroatoms. The molecule has 0 radical (unpaired) electrons. The quantitative estimate of drug-likeness (QED) is 0.496. The molecule has 5 nitrogen and oxygen atoms in total. The monoisotopic (exact) mass is 428 g/mol. The third kappa shape index (κ3) is 3.10. The van der Waals surface area contributed by atoms with E-state index in [4.69, 9.17) is 0 Å². The fourth-order valence-corrected chi connectivity index (χ4v) is 5.57. The second kappa shape index (κ2) is 6.93. The number of rotatable bonds is 2. The molecule has 0 bridgehead atoms. The van der Waals surface area contributed by atoms with Crippen LogP contribution in [0.4, 0.5) is 14.6 Å². The van der Waals surface area contributed by atoms with Gasteiger partial charge in [0.25, 0.3) is 0 Å². The highest BCUT2D eigenvalue weighted by atomic mass is 32.2. The molecule has 146 valence electrons. The number of fused-ring (bicyclic) bond motifs is 2. The highest BCUT2D eigenvalue weighted by molar-refractivity contribution is 8.00. The fraction of sp³-hybridized carbons (Fsp3) is 0.150. The maximum absolute atomic E-state index is 14.6. The lowest BCUT2D eigenvalue weighted by molar-refractivity contribution is -0.113. The van der Waals surface area contributed by atoms with Crippen LogP contribution in [-0.4, -0.2) is 26.4 Å². The molecule has 3 heterocycles. The molecule has 29 heavy (non-hydrogen) atoms. The first-order valence-electron chi connectivity index (χ1n) is 8.83. The van der Waals surface area contributed by atoms with Crippen molar-refractivity contribution in [1.29, 1.82) is 0 Å². The molecule has 1 amide bonds. The zero-order valence-electron chi connectivity index (χ0n) is 15.1. The van der Waals surface area contributed by atoms with E-state index in [-0.39, 0.29) is 11.7 Å². The van der Waals surface area contributed by atoms with Crippen LogP contribution in [0.2, 0.25) is 0 Å². The van der Waals surface area contributed by atoms with Gasteiger partial charge in [0.05, 0.1) is 26.9 Å². The van der Waals surface area contributed by atoms with Crippen molar-refractivity contribution >= 4 is 45.0 Å². The number of thioether (sulfide) groups is 1. The van der Waals surface area contributed by atoms with Crippen molar-refractivity contribution in [2.45, 2.75) is 12.2 Å². The number of carbonyl (C=O) groups excluding carboxylic acids is 1. The van der Waals surface area contributed by atoms with Crippen molar-refractivity contribution in [2.24, 2.45) is 0 Å². The summed E-state index contributed by atoms with van der Waals surface area (Å²) in [5, 5.41) is 7.61. The molecule has 1 N–H and O–H groups in total. The Morgan fingerprint density at radius 1 is 1.21 bits per heavy atom. The predicted molar refractivity (Wildman–Crippen MR) is 111 cm³/mol. The van der Waals surface area contributed by atoms with Crippen molar-refractivity contribution in [3.63, 3.8) is 0 Å². The van der Waals surface area contributed by atoms with Crippen LogP contribution in [0.15, 0.2) is 42.5 Å². The van der Waals surface area contributed by atoms with Crippen LogP contribution < -0.4 is 5.32 Å². The van der Waals surface area contributed by atoms with Crippen LogP contribution in [0.25, 0.3) is 15.3 Å². The molecule has 0 fully saturated rings. The van der Waals surface area contributed by atoms with Gasteiger partial charge in [-0.1, -0.05) is 29.5 Å². The second-order valence-corrected chi connectivity index (χ2v) is 8.73. The molecule has 2 aromatic heterocycles. The minimum atomic E-state index is -0.644. The average Bonchev–Trinajstić information content (AvgIpc) is 3.19. The molecule has 0 saturated carbocycles. The third-order valence-electron chi connectivity index (χ3n) is 4.72. The maximum Gasteiger partial charge on any atom is 0.235 e. The number of halogens is 2. The van der Waals surface area contributed by atoms with E-state index in [1.807, 2.05) is 31.2 Å². The minimum absolute atomic E-state index is 0.148. The topological polar surface area (TPSA) is 59.8 Å². The van der Waals surface area contributed by atoms with Gasteiger partial charge in [-0.3, -0.25) is 4.79 Å². The van der Waals surface area contributed by atoms with Gasteiger partial charge in [0.1, 0.15) is 17.5 Å². The molecule has 4 aromatic rings. The third-order valence-corrected chi connectivity index (χ3v) is 6.98. The van der Waals surface area contributed by atoms with E-state index in [0.717, 1.165) is 16.3 Å². The Hall–Kier alpha value is -2.78. The van der Waals surface area contributed by atoms with Crippen molar-refractivity contribution < 1.29 is 13.6 Å². The summed E-state index contributed by atoms with van der Waals surface area (Å²) in [5.41, 5.74) is 2.51. The molecule has 1 aliphatic rings. The normalized spacial score (nSPS) is 16.5. The van der Waals surface area contributed by atoms with Gasteiger partial charge in [-0.15, -0.1) is 11.8 Å². The van der Waals surface area contributed by atoms with Gasteiger partial charge < -0.3 is 5.32 Å². The first-order chi connectivity index (χ1) is 14.0. The molecule has 0 spiro atoms. The minimum Gasteiger partial charge on any atom is -0.310 e. The molecule has 1 atom stereocenters. The highest BCUT2D eigenvalue weighted by Gasteiger charge is 2.32. The molecule has 1 aliphatic heterocycles. The lowest BCUT2D eigenvalue weighted by atomic mass is 10.0. The first kappa shape index (κ1) is 18.3. The SMILES string of the molecule is Cc1nn(-c2nc3ccccc3s2)c2c1C(c1ccc(F)cc1F)SCC(=O)N2. The highest BCUT2D eigenvalue weighted by Crippen LogP contribution is 2.45. The zero-order valence-corrected chi connectivity index (χ0v) is 16.8. The maximum atomic E-state index is 14.6. The van der Waals surface area contributed by atoms with E-state index in [9.17, 15) is 13.6 Å². The summed E-state index contributed by atoms with van der Waals surface area (Å²) in [6, 6.07) is 11.2. The Bertz CT molecular complexity index is 1230. The molecule has 2 aromatic carbocycles. The van der Waals surface area contributed by atoms with Gasteiger partial charge in [-0.05, 0) is 25.1 Å². The van der Waals surface area contributed by atoms with Gasteiger partial charge in [0.2, 0.25) is 11.0 Å². The molecule has 0 aliphatic carbocycles. The number of hydrogen-bond donors (Lipinski definition) is 1. The van der Waals surface area contributed by atoms with Crippen molar-refractivity contribution in [2.75, 3.05) is 11.1 Å².